The summed E-state index contributed by atoms with van der Waals surface area (Å²) in [4.78, 5) is 0. The predicted molar refractivity (Wildman–Crippen MR) is 80.8 cm³/mol. The molecule has 0 fully saturated rings. The summed E-state index contributed by atoms with van der Waals surface area (Å²) in [5, 5.41) is 3.73. The van der Waals surface area contributed by atoms with Gasteiger partial charge in [-0.15, -0.1) is 0 Å². The minimum absolute atomic E-state index is 0.0215. The second kappa shape index (κ2) is 6.66. The molecule has 1 atom stereocenters. The molecular weight excluding hydrogens is 348 g/mol. The molecule has 1 nitrogen and oxygen atoms in total. The van der Waals surface area contributed by atoms with E-state index in [-0.39, 0.29) is 22.6 Å². The summed E-state index contributed by atoms with van der Waals surface area (Å²) in [7, 11) is 0. The minimum atomic E-state index is -0.573. The molecule has 0 saturated heterocycles. The summed E-state index contributed by atoms with van der Waals surface area (Å²) in [6, 6.07) is 9.90. The summed E-state index contributed by atoms with van der Waals surface area (Å²) in [5.41, 5.74) is 0.988. The molecule has 0 saturated carbocycles. The van der Waals surface area contributed by atoms with Crippen LogP contribution >= 0.6 is 27.5 Å². The molecule has 2 rings (SSSR count). The van der Waals surface area contributed by atoms with Gasteiger partial charge in [-0.1, -0.05) is 23.7 Å². The summed E-state index contributed by atoms with van der Waals surface area (Å²) < 4.78 is 27.7. The molecule has 0 bridgehead atoms. The molecule has 0 radical (unpaired) electrons. The molecule has 0 aliphatic carbocycles. The number of halogens is 4. The van der Waals surface area contributed by atoms with Gasteiger partial charge in [0.2, 0.25) is 0 Å². The van der Waals surface area contributed by atoms with Gasteiger partial charge in [0.05, 0.1) is 4.47 Å². The number of nitrogens with one attached hydrogen (secondary N) is 1. The quantitative estimate of drug-likeness (QED) is 0.736. The fraction of sp³-hybridized carbons (Fsp3) is 0.200. The molecule has 0 aromatic heterocycles. The van der Waals surface area contributed by atoms with E-state index in [2.05, 4.69) is 21.2 Å². The number of hydrogen-bond donors (Lipinski definition) is 1. The normalized spacial score (nSPS) is 12.4. The van der Waals surface area contributed by atoms with Crippen LogP contribution in [0.2, 0.25) is 5.02 Å². The molecule has 2 aromatic carbocycles. The van der Waals surface area contributed by atoms with Crippen LogP contribution in [0.5, 0.6) is 0 Å². The van der Waals surface area contributed by atoms with Crippen LogP contribution in [0.25, 0.3) is 0 Å². The minimum Gasteiger partial charge on any atom is -0.306 e. The largest absolute Gasteiger partial charge is 0.306 e. The van der Waals surface area contributed by atoms with Gasteiger partial charge in [0.1, 0.15) is 11.6 Å². The Morgan fingerprint density at radius 3 is 2.70 bits per heavy atom. The Bertz CT molecular complexity index is 619. The first-order valence-corrected chi connectivity index (χ1v) is 7.27. The topological polar surface area (TPSA) is 12.0 Å². The van der Waals surface area contributed by atoms with Gasteiger partial charge >= 0.3 is 0 Å². The second-order valence-corrected chi connectivity index (χ2v) is 5.77. The molecule has 0 spiro atoms. The highest BCUT2D eigenvalue weighted by Crippen LogP contribution is 2.23. The first kappa shape index (κ1) is 15.4. The SMILES string of the molecule is CC(NCc1c(F)ccc(Br)c1F)c1cccc(Cl)c1. The summed E-state index contributed by atoms with van der Waals surface area (Å²) in [6.45, 7) is 2.02. The van der Waals surface area contributed by atoms with Crippen LogP contribution in [0.4, 0.5) is 8.78 Å². The van der Waals surface area contributed by atoms with Crippen molar-refractivity contribution in [2.75, 3.05) is 0 Å². The van der Waals surface area contributed by atoms with Crippen LogP contribution < -0.4 is 5.32 Å². The lowest BCUT2D eigenvalue weighted by molar-refractivity contribution is 0.506. The van der Waals surface area contributed by atoms with Crippen LogP contribution in [0.15, 0.2) is 40.9 Å². The first-order valence-electron chi connectivity index (χ1n) is 6.10. The lowest BCUT2D eigenvalue weighted by atomic mass is 10.1. The van der Waals surface area contributed by atoms with Crippen molar-refractivity contribution < 1.29 is 8.78 Å². The van der Waals surface area contributed by atoms with Gasteiger partial charge in [0.25, 0.3) is 0 Å². The molecule has 0 amide bonds. The smallest absolute Gasteiger partial charge is 0.144 e. The van der Waals surface area contributed by atoms with Crippen molar-refractivity contribution in [1.82, 2.24) is 5.32 Å². The molecule has 1 N–H and O–H groups in total. The zero-order valence-corrected chi connectivity index (χ0v) is 13.1. The Kier molecular flexibility index (Phi) is 5.13. The van der Waals surface area contributed by atoms with Gasteiger partial charge in [0, 0.05) is 23.2 Å². The fourth-order valence-electron chi connectivity index (χ4n) is 1.88. The zero-order valence-electron chi connectivity index (χ0n) is 10.8. The Hall–Kier alpha value is -0.970. The maximum absolute atomic E-state index is 13.8. The highest BCUT2D eigenvalue weighted by Gasteiger charge is 2.13. The molecule has 0 aliphatic rings. The van der Waals surface area contributed by atoms with E-state index in [1.807, 2.05) is 25.1 Å². The van der Waals surface area contributed by atoms with Crippen molar-refractivity contribution in [2.45, 2.75) is 19.5 Å². The Labute approximate surface area is 130 Å². The second-order valence-electron chi connectivity index (χ2n) is 4.48. The molecule has 1 unspecified atom stereocenters. The Morgan fingerprint density at radius 2 is 2.00 bits per heavy atom. The maximum Gasteiger partial charge on any atom is 0.144 e. The van der Waals surface area contributed by atoms with Gasteiger partial charge in [-0.05, 0) is 52.7 Å². The third-order valence-electron chi connectivity index (χ3n) is 3.07. The van der Waals surface area contributed by atoms with Gasteiger partial charge in [-0.25, -0.2) is 8.78 Å². The summed E-state index contributed by atoms with van der Waals surface area (Å²) in [6.07, 6.45) is 0. The van der Waals surface area contributed by atoms with E-state index >= 15 is 0 Å². The molecule has 2 aromatic rings. The van der Waals surface area contributed by atoms with Crippen LogP contribution in [0, 0.1) is 11.6 Å². The monoisotopic (exact) mass is 359 g/mol. The third-order valence-corrected chi connectivity index (χ3v) is 3.92. The molecule has 0 aliphatic heterocycles. The molecule has 106 valence electrons. The number of rotatable bonds is 4. The number of hydrogen-bond acceptors (Lipinski definition) is 1. The van der Waals surface area contributed by atoms with Crippen molar-refractivity contribution in [3.63, 3.8) is 0 Å². The van der Waals surface area contributed by atoms with E-state index < -0.39 is 11.6 Å². The fourth-order valence-corrected chi connectivity index (χ4v) is 2.45. The average Bonchev–Trinajstić information content (AvgIpc) is 2.43. The van der Waals surface area contributed by atoms with Crippen molar-refractivity contribution >= 4 is 27.5 Å². The third kappa shape index (κ3) is 3.57. The van der Waals surface area contributed by atoms with E-state index in [0.29, 0.717) is 5.02 Å². The standard InChI is InChI=1S/C15H13BrClF2N/c1-9(10-3-2-4-11(17)7-10)20-8-12-14(18)6-5-13(16)15(12)19/h2-7,9,20H,8H2,1H3. The Balaban J connectivity index is 2.11. The molecule has 5 heteroatoms. The lowest BCUT2D eigenvalue weighted by Gasteiger charge is -2.15. The molecule has 0 heterocycles. The van der Waals surface area contributed by atoms with Gasteiger partial charge in [-0.3, -0.25) is 0 Å². The van der Waals surface area contributed by atoms with Crippen molar-refractivity contribution in [1.29, 1.82) is 0 Å². The van der Waals surface area contributed by atoms with Gasteiger partial charge in [-0.2, -0.15) is 0 Å². The maximum atomic E-state index is 13.8. The van der Waals surface area contributed by atoms with E-state index in [0.717, 1.165) is 5.56 Å². The van der Waals surface area contributed by atoms with Gasteiger partial charge in [0.15, 0.2) is 0 Å². The number of benzene rings is 2. The van der Waals surface area contributed by atoms with E-state index in [1.165, 1.54) is 12.1 Å². The zero-order chi connectivity index (χ0) is 14.7. The van der Waals surface area contributed by atoms with Crippen molar-refractivity contribution in [2.24, 2.45) is 0 Å². The van der Waals surface area contributed by atoms with E-state index in [4.69, 9.17) is 11.6 Å². The highest BCUT2D eigenvalue weighted by molar-refractivity contribution is 9.10. The Morgan fingerprint density at radius 1 is 1.25 bits per heavy atom. The average molecular weight is 361 g/mol. The van der Waals surface area contributed by atoms with Crippen LogP contribution in [-0.4, -0.2) is 0 Å². The van der Waals surface area contributed by atoms with Crippen molar-refractivity contribution in [3.05, 3.63) is 68.7 Å². The summed E-state index contributed by atoms with van der Waals surface area (Å²) in [5.74, 6) is -1.13. The van der Waals surface area contributed by atoms with Crippen LogP contribution in [0.3, 0.4) is 0 Å². The highest BCUT2D eigenvalue weighted by atomic mass is 79.9. The molecular formula is C15H13BrClF2N. The van der Waals surface area contributed by atoms with E-state index in [1.54, 1.807) is 6.07 Å². The molecule has 20 heavy (non-hydrogen) atoms. The van der Waals surface area contributed by atoms with Gasteiger partial charge < -0.3 is 5.32 Å². The predicted octanol–water partition coefficient (Wildman–Crippen LogP) is 5.23. The van der Waals surface area contributed by atoms with Crippen LogP contribution in [0.1, 0.15) is 24.1 Å². The van der Waals surface area contributed by atoms with E-state index in [9.17, 15) is 8.78 Å². The van der Waals surface area contributed by atoms with Crippen molar-refractivity contribution in [3.8, 4) is 0 Å². The summed E-state index contributed by atoms with van der Waals surface area (Å²) >= 11 is 8.98. The first-order chi connectivity index (χ1) is 9.49. The lowest BCUT2D eigenvalue weighted by Crippen LogP contribution is -2.19. The van der Waals surface area contributed by atoms with Crippen LogP contribution in [-0.2, 0) is 6.54 Å².